The molecule has 0 unspecified atom stereocenters. The number of anilines is 2. The van der Waals surface area contributed by atoms with Crippen LogP contribution in [0.2, 0.25) is 10.0 Å². The fraction of sp³-hybridized carbons (Fsp3) is 0.125. The molecule has 2 amide bonds. The Hall–Kier alpha value is -2.04. The zero-order chi connectivity index (χ0) is 16.1. The second-order valence-electron chi connectivity index (χ2n) is 4.76. The van der Waals surface area contributed by atoms with Gasteiger partial charge < -0.3 is 10.6 Å². The van der Waals surface area contributed by atoms with Crippen LogP contribution in [0.1, 0.15) is 12.0 Å². The molecule has 0 aliphatic heterocycles. The summed E-state index contributed by atoms with van der Waals surface area (Å²) in [6.07, 6.45) is -0.309. The second-order valence-corrected chi connectivity index (χ2v) is 5.61. The number of aryl methyl sites for hydroxylation is 1. The number of benzene rings is 2. The fourth-order valence-corrected chi connectivity index (χ4v) is 2.11. The lowest BCUT2D eigenvalue weighted by molar-refractivity contribution is -0.123. The van der Waals surface area contributed by atoms with E-state index in [4.69, 9.17) is 23.2 Å². The molecule has 0 spiro atoms. The van der Waals surface area contributed by atoms with Crippen LogP contribution in [0.25, 0.3) is 0 Å². The standard InChI is InChI=1S/C16H14Cl2N2O2/c1-10-2-5-12(6-3-10)19-15(21)9-16(22)20-14-8-11(17)4-7-13(14)18/h2-8H,9H2,1H3,(H,19,21)(H,20,22). The van der Waals surface area contributed by atoms with Gasteiger partial charge >= 0.3 is 0 Å². The summed E-state index contributed by atoms with van der Waals surface area (Å²) in [7, 11) is 0. The molecule has 0 aliphatic carbocycles. The van der Waals surface area contributed by atoms with Gasteiger partial charge in [-0.2, -0.15) is 0 Å². The highest BCUT2D eigenvalue weighted by Crippen LogP contribution is 2.25. The van der Waals surface area contributed by atoms with E-state index in [1.54, 1.807) is 24.3 Å². The Bertz CT molecular complexity index is 700. The lowest BCUT2D eigenvalue weighted by Crippen LogP contribution is -2.21. The monoisotopic (exact) mass is 336 g/mol. The zero-order valence-corrected chi connectivity index (χ0v) is 13.3. The van der Waals surface area contributed by atoms with Crippen molar-refractivity contribution in [2.75, 3.05) is 10.6 Å². The lowest BCUT2D eigenvalue weighted by atomic mass is 10.2. The number of halogens is 2. The van der Waals surface area contributed by atoms with Gasteiger partial charge in [-0.1, -0.05) is 40.9 Å². The molecular weight excluding hydrogens is 323 g/mol. The molecule has 0 radical (unpaired) electrons. The van der Waals surface area contributed by atoms with Crippen molar-refractivity contribution in [2.45, 2.75) is 13.3 Å². The summed E-state index contributed by atoms with van der Waals surface area (Å²) in [5.74, 6) is -0.867. The quantitative estimate of drug-likeness (QED) is 0.819. The Kier molecular flexibility index (Phi) is 5.41. The van der Waals surface area contributed by atoms with Crippen LogP contribution in [-0.4, -0.2) is 11.8 Å². The average Bonchev–Trinajstić information content (AvgIpc) is 2.45. The van der Waals surface area contributed by atoms with Crippen molar-refractivity contribution in [1.82, 2.24) is 0 Å². The van der Waals surface area contributed by atoms with Gasteiger partial charge in [0.2, 0.25) is 11.8 Å². The summed E-state index contributed by atoms with van der Waals surface area (Å²) in [5, 5.41) is 6.02. The first-order chi connectivity index (χ1) is 10.4. The first kappa shape index (κ1) is 16.3. The van der Waals surface area contributed by atoms with E-state index in [2.05, 4.69) is 10.6 Å². The molecule has 0 fully saturated rings. The van der Waals surface area contributed by atoms with Crippen molar-refractivity contribution in [1.29, 1.82) is 0 Å². The van der Waals surface area contributed by atoms with Gasteiger partial charge in [-0.05, 0) is 37.3 Å². The predicted octanol–water partition coefficient (Wildman–Crippen LogP) is 4.27. The molecule has 0 aromatic heterocycles. The van der Waals surface area contributed by atoms with Crippen LogP contribution in [-0.2, 0) is 9.59 Å². The lowest BCUT2D eigenvalue weighted by Gasteiger charge is -2.08. The summed E-state index contributed by atoms with van der Waals surface area (Å²) in [4.78, 5) is 23.7. The molecule has 2 N–H and O–H groups in total. The summed E-state index contributed by atoms with van der Waals surface area (Å²) >= 11 is 11.8. The van der Waals surface area contributed by atoms with Crippen LogP contribution in [0.3, 0.4) is 0 Å². The summed E-state index contributed by atoms with van der Waals surface area (Å²) in [6.45, 7) is 1.95. The number of nitrogens with one attached hydrogen (secondary N) is 2. The summed E-state index contributed by atoms with van der Waals surface area (Å²) in [5.41, 5.74) is 2.11. The minimum absolute atomic E-state index is 0.309. The van der Waals surface area contributed by atoms with E-state index in [1.165, 1.54) is 6.07 Å². The molecular formula is C16H14Cl2N2O2. The normalized spacial score (nSPS) is 10.1. The van der Waals surface area contributed by atoms with E-state index in [0.717, 1.165) is 5.56 Å². The highest BCUT2D eigenvalue weighted by Gasteiger charge is 2.12. The van der Waals surface area contributed by atoms with Gasteiger partial charge in [-0.3, -0.25) is 9.59 Å². The van der Waals surface area contributed by atoms with Crippen molar-refractivity contribution in [3.8, 4) is 0 Å². The molecule has 0 bridgehead atoms. The fourth-order valence-electron chi connectivity index (χ4n) is 1.78. The molecule has 2 rings (SSSR count). The predicted molar refractivity (Wildman–Crippen MR) is 89.5 cm³/mol. The molecule has 0 saturated carbocycles. The van der Waals surface area contributed by atoms with Crippen LogP contribution in [0.15, 0.2) is 42.5 Å². The van der Waals surface area contributed by atoms with E-state index < -0.39 is 11.8 Å². The number of rotatable bonds is 4. The highest BCUT2D eigenvalue weighted by molar-refractivity contribution is 6.35. The Morgan fingerprint density at radius 2 is 1.59 bits per heavy atom. The molecule has 2 aromatic carbocycles. The van der Waals surface area contributed by atoms with Crippen LogP contribution < -0.4 is 10.6 Å². The number of carbonyl (C=O) groups excluding carboxylic acids is 2. The van der Waals surface area contributed by atoms with E-state index in [0.29, 0.717) is 21.4 Å². The van der Waals surface area contributed by atoms with Crippen molar-refractivity contribution in [3.63, 3.8) is 0 Å². The zero-order valence-electron chi connectivity index (χ0n) is 11.8. The van der Waals surface area contributed by atoms with E-state index in [-0.39, 0.29) is 6.42 Å². The average molecular weight is 337 g/mol. The number of hydrogen-bond acceptors (Lipinski definition) is 2. The number of hydrogen-bond donors (Lipinski definition) is 2. The van der Waals surface area contributed by atoms with Gasteiger partial charge in [-0.25, -0.2) is 0 Å². The highest BCUT2D eigenvalue weighted by atomic mass is 35.5. The molecule has 0 aliphatic rings. The molecule has 2 aromatic rings. The van der Waals surface area contributed by atoms with Crippen LogP contribution in [0, 0.1) is 6.92 Å². The van der Waals surface area contributed by atoms with Gasteiger partial charge in [0.1, 0.15) is 6.42 Å². The van der Waals surface area contributed by atoms with Crippen molar-refractivity contribution < 1.29 is 9.59 Å². The Balaban J connectivity index is 1.92. The maximum Gasteiger partial charge on any atom is 0.233 e. The Morgan fingerprint density at radius 1 is 0.955 bits per heavy atom. The van der Waals surface area contributed by atoms with E-state index in [9.17, 15) is 9.59 Å². The summed E-state index contributed by atoms with van der Waals surface area (Å²) in [6, 6.07) is 12.0. The maximum atomic E-state index is 11.9. The molecule has 4 nitrogen and oxygen atoms in total. The molecule has 0 heterocycles. The SMILES string of the molecule is Cc1ccc(NC(=O)CC(=O)Nc2cc(Cl)ccc2Cl)cc1. The van der Waals surface area contributed by atoms with Gasteiger partial charge in [0.15, 0.2) is 0 Å². The molecule has 0 saturated heterocycles. The first-order valence-electron chi connectivity index (χ1n) is 6.55. The molecule has 114 valence electrons. The minimum atomic E-state index is -0.464. The van der Waals surface area contributed by atoms with Crippen LogP contribution >= 0.6 is 23.2 Å². The van der Waals surface area contributed by atoms with Crippen molar-refractivity contribution >= 4 is 46.4 Å². The largest absolute Gasteiger partial charge is 0.326 e. The van der Waals surface area contributed by atoms with Gasteiger partial charge in [0, 0.05) is 10.7 Å². The number of carbonyl (C=O) groups is 2. The minimum Gasteiger partial charge on any atom is -0.326 e. The Morgan fingerprint density at radius 3 is 2.27 bits per heavy atom. The molecule has 6 heteroatoms. The summed E-state index contributed by atoms with van der Waals surface area (Å²) < 4.78 is 0. The first-order valence-corrected chi connectivity index (χ1v) is 7.31. The van der Waals surface area contributed by atoms with E-state index in [1.807, 2.05) is 19.1 Å². The van der Waals surface area contributed by atoms with Crippen molar-refractivity contribution in [2.24, 2.45) is 0 Å². The topological polar surface area (TPSA) is 58.2 Å². The third kappa shape index (κ3) is 4.76. The third-order valence-electron chi connectivity index (χ3n) is 2.86. The van der Waals surface area contributed by atoms with Gasteiger partial charge in [0.05, 0.1) is 10.7 Å². The third-order valence-corrected chi connectivity index (χ3v) is 3.42. The molecule has 0 atom stereocenters. The van der Waals surface area contributed by atoms with Crippen LogP contribution in [0.4, 0.5) is 11.4 Å². The van der Waals surface area contributed by atoms with Crippen LogP contribution in [0.5, 0.6) is 0 Å². The maximum absolute atomic E-state index is 11.9. The van der Waals surface area contributed by atoms with Crippen molar-refractivity contribution in [3.05, 3.63) is 58.1 Å². The van der Waals surface area contributed by atoms with Gasteiger partial charge in [0.25, 0.3) is 0 Å². The number of amides is 2. The molecule has 22 heavy (non-hydrogen) atoms. The smallest absolute Gasteiger partial charge is 0.233 e. The van der Waals surface area contributed by atoms with E-state index >= 15 is 0 Å². The second kappa shape index (κ2) is 7.29. The van der Waals surface area contributed by atoms with Gasteiger partial charge in [-0.15, -0.1) is 0 Å². The Labute approximate surface area is 138 Å².